The molecule has 5 nitrogen and oxygen atoms in total. The van der Waals surface area contributed by atoms with Gasteiger partial charge in [0.1, 0.15) is 5.82 Å². The van der Waals surface area contributed by atoms with Gasteiger partial charge in [-0.05, 0) is 60.7 Å². The van der Waals surface area contributed by atoms with Gasteiger partial charge in [0.15, 0.2) is 11.5 Å². The van der Waals surface area contributed by atoms with Crippen LogP contribution in [0.3, 0.4) is 0 Å². The zero-order valence-electron chi connectivity index (χ0n) is 16.0. The third kappa shape index (κ3) is 3.42. The molecular formula is C22H23FN2O3. The van der Waals surface area contributed by atoms with Crippen molar-refractivity contribution in [2.24, 2.45) is 0 Å². The van der Waals surface area contributed by atoms with E-state index < -0.39 is 0 Å². The minimum absolute atomic E-state index is 0.0603. The number of carbonyl (C=O) groups excluding carboxylic acids is 1. The van der Waals surface area contributed by atoms with Crippen molar-refractivity contribution in [3.05, 3.63) is 59.0 Å². The summed E-state index contributed by atoms with van der Waals surface area (Å²) in [5.41, 5.74) is 3.86. The Morgan fingerprint density at radius 1 is 1.18 bits per heavy atom. The Bertz CT molecular complexity index is 1030. The van der Waals surface area contributed by atoms with Crippen LogP contribution in [0.5, 0.6) is 11.5 Å². The first-order valence-electron chi connectivity index (χ1n) is 9.39. The zero-order valence-corrected chi connectivity index (χ0v) is 16.0. The molecule has 1 amide bonds. The van der Waals surface area contributed by atoms with E-state index in [1.54, 1.807) is 32.4 Å². The van der Waals surface area contributed by atoms with Crippen LogP contribution in [-0.4, -0.2) is 25.1 Å². The van der Waals surface area contributed by atoms with Crippen molar-refractivity contribution < 1.29 is 18.7 Å². The van der Waals surface area contributed by atoms with Crippen LogP contribution in [-0.2, 0) is 17.6 Å². The lowest BCUT2D eigenvalue weighted by atomic mass is 9.91. The maximum absolute atomic E-state index is 13.6. The monoisotopic (exact) mass is 382 g/mol. The highest BCUT2D eigenvalue weighted by molar-refractivity contribution is 5.86. The minimum atomic E-state index is -0.242. The normalized spacial score (nSPS) is 15.9. The number of halogens is 1. The molecule has 4 rings (SSSR count). The van der Waals surface area contributed by atoms with Crippen molar-refractivity contribution in [1.82, 2.24) is 10.3 Å². The van der Waals surface area contributed by atoms with E-state index in [1.165, 1.54) is 6.07 Å². The highest BCUT2D eigenvalue weighted by Gasteiger charge is 2.25. The van der Waals surface area contributed by atoms with Crippen molar-refractivity contribution in [2.75, 3.05) is 14.2 Å². The van der Waals surface area contributed by atoms with E-state index in [4.69, 9.17) is 9.47 Å². The maximum atomic E-state index is 13.6. The Balaban J connectivity index is 1.53. The van der Waals surface area contributed by atoms with Crippen LogP contribution in [0.1, 0.15) is 35.7 Å². The molecule has 1 aromatic heterocycles. The average molecular weight is 382 g/mol. The average Bonchev–Trinajstić information content (AvgIpc) is 3.07. The molecule has 146 valence electrons. The predicted molar refractivity (Wildman–Crippen MR) is 105 cm³/mol. The second kappa shape index (κ2) is 7.54. The minimum Gasteiger partial charge on any atom is -0.493 e. The summed E-state index contributed by atoms with van der Waals surface area (Å²) in [7, 11) is 3.15. The van der Waals surface area contributed by atoms with Crippen molar-refractivity contribution in [3.63, 3.8) is 0 Å². The summed E-state index contributed by atoms with van der Waals surface area (Å²) in [5, 5.41) is 4.04. The van der Waals surface area contributed by atoms with Gasteiger partial charge in [-0.3, -0.25) is 4.79 Å². The third-order valence-electron chi connectivity index (χ3n) is 5.32. The molecule has 1 aliphatic rings. The molecule has 3 aromatic rings. The molecule has 28 heavy (non-hydrogen) atoms. The van der Waals surface area contributed by atoms with Gasteiger partial charge in [-0.2, -0.15) is 0 Å². The summed E-state index contributed by atoms with van der Waals surface area (Å²) in [6.07, 6.45) is 2.96. The van der Waals surface area contributed by atoms with E-state index >= 15 is 0 Å². The summed E-state index contributed by atoms with van der Waals surface area (Å²) in [4.78, 5) is 16.0. The first-order valence-corrected chi connectivity index (χ1v) is 9.39. The third-order valence-corrected chi connectivity index (χ3v) is 5.32. The predicted octanol–water partition coefficient (Wildman–Crippen LogP) is 4.06. The lowest BCUT2D eigenvalue weighted by Gasteiger charge is -2.24. The molecule has 0 saturated heterocycles. The number of fused-ring (bicyclic) bond motifs is 3. The zero-order chi connectivity index (χ0) is 19.7. The number of hydrogen-bond acceptors (Lipinski definition) is 3. The van der Waals surface area contributed by atoms with Gasteiger partial charge in [0.05, 0.1) is 26.7 Å². The second-order valence-corrected chi connectivity index (χ2v) is 7.09. The molecule has 1 aliphatic carbocycles. The van der Waals surface area contributed by atoms with Gasteiger partial charge in [-0.15, -0.1) is 0 Å². The van der Waals surface area contributed by atoms with E-state index in [0.717, 1.165) is 47.0 Å². The molecule has 2 aromatic carbocycles. The summed E-state index contributed by atoms with van der Waals surface area (Å²) < 4.78 is 24.2. The summed E-state index contributed by atoms with van der Waals surface area (Å²) in [6, 6.07) is 10.2. The molecule has 0 fully saturated rings. The molecule has 0 radical (unpaired) electrons. The molecule has 1 heterocycles. The first kappa shape index (κ1) is 18.3. The number of aromatic amines is 1. The number of amides is 1. The molecular weight excluding hydrogens is 359 g/mol. The van der Waals surface area contributed by atoms with Crippen LogP contribution in [0.2, 0.25) is 0 Å². The van der Waals surface area contributed by atoms with Gasteiger partial charge in [-0.1, -0.05) is 6.07 Å². The van der Waals surface area contributed by atoms with Crippen molar-refractivity contribution in [3.8, 4) is 11.5 Å². The van der Waals surface area contributed by atoms with Crippen molar-refractivity contribution in [1.29, 1.82) is 0 Å². The molecule has 6 heteroatoms. The Hall–Kier alpha value is -3.02. The van der Waals surface area contributed by atoms with E-state index in [-0.39, 0.29) is 24.2 Å². The lowest BCUT2D eigenvalue weighted by Crippen LogP contribution is -2.32. The van der Waals surface area contributed by atoms with Crippen LogP contribution in [0.25, 0.3) is 10.9 Å². The largest absolute Gasteiger partial charge is 0.493 e. The fourth-order valence-electron chi connectivity index (χ4n) is 4.00. The van der Waals surface area contributed by atoms with Gasteiger partial charge in [-0.25, -0.2) is 4.39 Å². The number of carbonyl (C=O) groups is 1. The number of methoxy groups -OCH3 is 2. The topological polar surface area (TPSA) is 63.3 Å². The van der Waals surface area contributed by atoms with E-state index in [9.17, 15) is 9.18 Å². The molecule has 0 spiro atoms. The number of hydrogen-bond donors (Lipinski definition) is 2. The number of rotatable bonds is 5. The second-order valence-electron chi connectivity index (χ2n) is 7.09. The number of nitrogens with one attached hydrogen (secondary N) is 2. The highest BCUT2D eigenvalue weighted by Crippen LogP contribution is 2.35. The number of benzene rings is 2. The maximum Gasteiger partial charge on any atom is 0.224 e. The van der Waals surface area contributed by atoms with Crippen LogP contribution in [0.15, 0.2) is 36.4 Å². The summed E-state index contributed by atoms with van der Waals surface area (Å²) in [6.45, 7) is 0. The fourth-order valence-corrected chi connectivity index (χ4v) is 4.00. The van der Waals surface area contributed by atoms with Gasteiger partial charge in [0.25, 0.3) is 0 Å². The molecule has 2 N–H and O–H groups in total. The molecule has 0 unspecified atom stereocenters. The Morgan fingerprint density at radius 2 is 2.00 bits per heavy atom. The fraction of sp³-hybridized carbons (Fsp3) is 0.318. The number of H-pyrrole nitrogens is 1. The molecule has 0 aliphatic heterocycles. The van der Waals surface area contributed by atoms with Crippen LogP contribution in [0, 0.1) is 5.82 Å². The van der Waals surface area contributed by atoms with E-state index in [2.05, 4.69) is 10.3 Å². The molecule has 0 bridgehead atoms. The van der Waals surface area contributed by atoms with Gasteiger partial charge < -0.3 is 19.8 Å². The number of aromatic nitrogens is 1. The summed E-state index contributed by atoms with van der Waals surface area (Å²) >= 11 is 0. The quantitative estimate of drug-likeness (QED) is 0.699. The van der Waals surface area contributed by atoms with Crippen LogP contribution in [0.4, 0.5) is 4.39 Å². The smallest absolute Gasteiger partial charge is 0.224 e. The van der Waals surface area contributed by atoms with Gasteiger partial charge in [0, 0.05) is 16.6 Å². The van der Waals surface area contributed by atoms with Gasteiger partial charge in [0.2, 0.25) is 5.91 Å². The highest BCUT2D eigenvalue weighted by atomic mass is 19.1. The Kier molecular flexibility index (Phi) is 4.94. The number of aryl methyl sites for hydroxylation is 1. The summed E-state index contributed by atoms with van der Waals surface area (Å²) in [5.74, 6) is 0.933. The van der Waals surface area contributed by atoms with Crippen LogP contribution >= 0.6 is 0 Å². The van der Waals surface area contributed by atoms with E-state index in [1.807, 2.05) is 12.1 Å². The van der Waals surface area contributed by atoms with Crippen molar-refractivity contribution >= 4 is 16.8 Å². The standard InChI is InChI=1S/C22H23FN2O3/c1-27-19-9-6-13(10-20(19)28-2)11-21(26)24-18-5-3-4-15-16-12-14(23)7-8-17(16)25-22(15)18/h6-10,12,18,25H,3-5,11H2,1-2H3,(H,24,26)/t18-/m1/s1. The Labute approximate surface area is 162 Å². The number of ether oxygens (including phenoxy) is 2. The first-order chi connectivity index (χ1) is 13.6. The molecule has 0 saturated carbocycles. The van der Waals surface area contributed by atoms with Crippen molar-refractivity contribution in [2.45, 2.75) is 31.7 Å². The molecule has 1 atom stereocenters. The van der Waals surface area contributed by atoms with Crippen LogP contribution < -0.4 is 14.8 Å². The lowest BCUT2D eigenvalue weighted by molar-refractivity contribution is -0.121. The van der Waals surface area contributed by atoms with E-state index in [0.29, 0.717) is 11.5 Å². The van der Waals surface area contributed by atoms with Gasteiger partial charge >= 0.3 is 0 Å². The SMILES string of the molecule is COc1ccc(CC(=O)N[C@@H]2CCCc3c2[nH]c2ccc(F)cc32)cc1OC. The Morgan fingerprint density at radius 3 is 2.79 bits per heavy atom.